The molecule has 0 saturated heterocycles. The van der Waals surface area contributed by atoms with Gasteiger partial charge in [0.25, 0.3) is 0 Å². The normalized spacial score (nSPS) is 12.2. The van der Waals surface area contributed by atoms with E-state index >= 15 is 0 Å². The van der Waals surface area contributed by atoms with Crippen LogP contribution in [0.3, 0.4) is 0 Å². The number of rotatable bonds is 5. The summed E-state index contributed by atoms with van der Waals surface area (Å²) < 4.78 is 7.58. The van der Waals surface area contributed by atoms with Gasteiger partial charge in [-0.05, 0) is 61.7 Å². The van der Waals surface area contributed by atoms with E-state index in [4.69, 9.17) is 4.42 Å². The highest BCUT2D eigenvalue weighted by atomic mass is 16.3. The second-order valence-corrected chi connectivity index (χ2v) is 7.22. The highest BCUT2D eigenvalue weighted by Gasteiger charge is 2.14. The van der Waals surface area contributed by atoms with E-state index in [-0.39, 0.29) is 11.9 Å². The third kappa shape index (κ3) is 3.56. The summed E-state index contributed by atoms with van der Waals surface area (Å²) in [4.78, 5) is 16.6. The predicted octanol–water partition coefficient (Wildman–Crippen LogP) is 4.66. The van der Waals surface area contributed by atoms with Crippen LogP contribution in [0.15, 0.2) is 65.8 Å². The fraction of sp³-hybridized carbons (Fsp3) is 0.217. The Morgan fingerprint density at radius 2 is 1.93 bits per heavy atom. The average molecular weight is 373 g/mol. The third-order valence-electron chi connectivity index (χ3n) is 5.19. The van der Waals surface area contributed by atoms with Crippen molar-refractivity contribution in [1.29, 1.82) is 0 Å². The van der Waals surface area contributed by atoms with Crippen molar-refractivity contribution < 1.29 is 9.21 Å². The lowest BCUT2D eigenvalue weighted by atomic mass is 10.0. The first kappa shape index (κ1) is 18.0. The summed E-state index contributed by atoms with van der Waals surface area (Å²) in [7, 11) is 0. The van der Waals surface area contributed by atoms with E-state index in [9.17, 15) is 4.79 Å². The average Bonchev–Trinajstić information content (AvgIpc) is 3.33. The van der Waals surface area contributed by atoms with E-state index in [2.05, 4.69) is 30.2 Å². The molecule has 1 atom stereocenters. The van der Waals surface area contributed by atoms with Crippen LogP contribution in [-0.2, 0) is 11.2 Å². The number of imidazole rings is 1. The minimum absolute atomic E-state index is 0.0212. The maximum absolute atomic E-state index is 12.6. The lowest BCUT2D eigenvalue weighted by molar-refractivity contribution is -0.121. The molecule has 28 heavy (non-hydrogen) atoms. The number of carbonyl (C=O) groups excluding carboxylic acids is 1. The second kappa shape index (κ2) is 7.35. The van der Waals surface area contributed by atoms with Crippen LogP contribution in [-0.4, -0.2) is 15.5 Å². The van der Waals surface area contributed by atoms with Crippen molar-refractivity contribution in [3.05, 3.63) is 83.6 Å². The standard InChI is InChI=1S/C23H23N3O2/c1-15-10-21-19(13-28-22(21)11-16(15)2)12-23(27)25-17(3)18-4-6-20(7-5-18)26-9-8-24-14-26/h4-11,13-14,17H,12H2,1-3H3,(H,25,27). The number of nitrogens with one attached hydrogen (secondary N) is 1. The molecule has 1 amide bonds. The summed E-state index contributed by atoms with van der Waals surface area (Å²) in [6.45, 7) is 6.12. The SMILES string of the molecule is Cc1cc2occ(CC(=O)NC(C)c3ccc(-n4ccnc4)cc3)c2cc1C. The molecule has 2 aromatic carbocycles. The van der Waals surface area contributed by atoms with Crippen molar-refractivity contribution in [2.45, 2.75) is 33.2 Å². The van der Waals surface area contributed by atoms with Gasteiger partial charge in [-0.15, -0.1) is 0 Å². The molecule has 0 aliphatic rings. The summed E-state index contributed by atoms with van der Waals surface area (Å²) >= 11 is 0. The first-order valence-corrected chi connectivity index (χ1v) is 9.36. The van der Waals surface area contributed by atoms with Crippen molar-refractivity contribution in [2.75, 3.05) is 0 Å². The molecule has 0 radical (unpaired) electrons. The largest absolute Gasteiger partial charge is 0.464 e. The van der Waals surface area contributed by atoms with E-state index in [0.29, 0.717) is 6.42 Å². The fourth-order valence-electron chi connectivity index (χ4n) is 3.37. The number of hydrogen-bond donors (Lipinski definition) is 1. The fourth-order valence-corrected chi connectivity index (χ4v) is 3.37. The van der Waals surface area contributed by atoms with Gasteiger partial charge in [0, 0.05) is 29.0 Å². The molecule has 0 saturated carbocycles. The Balaban J connectivity index is 1.44. The third-order valence-corrected chi connectivity index (χ3v) is 5.19. The zero-order valence-corrected chi connectivity index (χ0v) is 16.3. The molecular weight excluding hydrogens is 350 g/mol. The molecule has 0 aliphatic heterocycles. The summed E-state index contributed by atoms with van der Waals surface area (Å²) in [6, 6.07) is 12.1. The van der Waals surface area contributed by atoms with Crippen LogP contribution in [0.5, 0.6) is 0 Å². The molecule has 4 aromatic rings. The van der Waals surface area contributed by atoms with Crippen molar-refractivity contribution in [2.24, 2.45) is 0 Å². The molecule has 5 nitrogen and oxygen atoms in total. The highest BCUT2D eigenvalue weighted by molar-refractivity contribution is 5.88. The van der Waals surface area contributed by atoms with Crippen LogP contribution in [0, 0.1) is 13.8 Å². The number of furan rings is 1. The van der Waals surface area contributed by atoms with Crippen LogP contribution in [0.25, 0.3) is 16.7 Å². The Kier molecular flexibility index (Phi) is 4.74. The van der Waals surface area contributed by atoms with E-state index in [0.717, 1.165) is 27.8 Å². The van der Waals surface area contributed by atoms with Crippen LogP contribution >= 0.6 is 0 Å². The molecule has 0 fully saturated rings. The van der Waals surface area contributed by atoms with Gasteiger partial charge in [-0.3, -0.25) is 4.79 Å². The lowest BCUT2D eigenvalue weighted by Gasteiger charge is -2.15. The molecular formula is C23H23N3O2. The zero-order chi connectivity index (χ0) is 19.7. The number of hydrogen-bond acceptors (Lipinski definition) is 3. The Morgan fingerprint density at radius 3 is 2.64 bits per heavy atom. The predicted molar refractivity (Wildman–Crippen MR) is 110 cm³/mol. The summed E-state index contributed by atoms with van der Waals surface area (Å²) in [6.07, 6.45) is 7.40. The zero-order valence-electron chi connectivity index (χ0n) is 16.3. The number of nitrogens with zero attached hydrogens (tertiary/aromatic N) is 2. The monoisotopic (exact) mass is 373 g/mol. The van der Waals surface area contributed by atoms with Crippen LogP contribution in [0.4, 0.5) is 0 Å². The summed E-state index contributed by atoms with van der Waals surface area (Å²) in [5.41, 5.74) is 6.22. The van der Waals surface area contributed by atoms with Crippen LogP contribution in [0.1, 0.15) is 35.2 Å². The minimum atomic E-state index is -0.0773. The summed E-state index contributed by atoms with van der Waals surface area (Å²) in [5.74, 6) is -0.0212. The Labute approximate surface area is 164 Å². The molecule has 0 aliphatic carbocycles. The number of benzene rings is 2. The van der Waals surface area contributed by atoms with Gasteiger partial charge in [-0.2, -0.15) is 0 Å². The van der Waals surface area contributed by atoms with Crippen LogP contribution < -0.4 is 5.32 Å². The molecule has 1 unspecified atom stereocenters. The Bertz CT molecular complexity index is 1110. The molecule has 1 N–H and O–H groups in total. The minimum Gasteiger partial charge on any atom is -0.464 e. The van der Waals surface area contributed by atoms with Gasteiger partial charge in [-0.1, -0.05) is 12.1 Å². The highest BCUT2D eigenvalue weighted by Crippen LogP contribution is 2.25. The first-order chi connectivity index (χ1) is 13.5. The lowest BCUT2D eigenvalue weighted by Crippen LogP contribution is -2.28. The van der Waals surface area contributed by atoms with E-state index in [1.807, 2.05) is 48.0 Å². The van der Waals surface area contributed by atoms with Gasteiger partial charge < -0.3 is 14.3 Å². The quantitative estimate of drug-likeness (QED) is 0.554. The van der Waals surface area contributed by atoms with Gasteiger partial charge in [0.15, 0.2) is 0 Å². The smallest absolute Gasteiger partial charge is 0.225 e. The van der Waals surface area contributed by atoms with E-state index in [1.54, 1.807) is 18.8 Å². The topological polar surface area (TPSA) is 60.1 Å². The van der Waals surface area contributed by atoms with Gasteiger partial charge >= 0.3 is 0 Å². The molecule has 142 valence electrons. The molecule has 2 heterocycles. The number of aromatic nitrogens is 2. The number of carbonyl (C=O) groups is 1. The van der Waals surface area contributed by atoms with Crippen molar-refractivity contribution >= 4 is 16.9 Å². The first-order valence-electron chi connectivity index (χ1n) is 9.36. The molecule has 4 rings (SSSR count). The Hall–Kier alpha value is -3.34. The maximum Gasteiger partial charge on any atom is 0.225 e. The van der Waals surface area contributed by atoms with Gasteiger partial charge in [0.1, 0.15) is 5.58 Å². The van der Waals surface area contributed by atoms with Crippen molar-refractivity contribution in [3.8, 4) is 5.69 Å². The second-order valence-electron chi connectivity index (χ2n) is 7.22. The van der Waals surface area contributed by atoms with Crippen LogP contribution in [0.2, 0.25) is 0 Å². The molecule has 0 spiro atoms. The van der Waals surface area contributed by atoms with Gasteiger partial charge in [0.2, 0.25) is 5.91 Å². The van der Waals surface area contributed by atoms with Crippen molar-refractivity contribution in [1.82, 2.24) is 14.9 Å². The van der Waals surface area contributed by atoms with E-state index < -0.39 is 0 Å². The molecule has 2 aromatic heterocycles. The molecule has 5 heteroatoms. The Morgan fingerprint density at radius 1 is 1.18 bits per heavy atom. The number of amides is 1. The molecule has 0 bridgehead atoms. The van der Waals surface area contributed by atoms with E-state index in [1.165, 1.54) is 11.1 Å². The van der Waals surface area contributed by atoms with Gasteiger partial charge in [-0.25, -0.2) is 4.98 Å². The number of fused-ring (bicyclic) bond motifs is 1. The van der Waals surface area contributed by atoms with Crippen molar-refractivity contribution in [3.63, 3.8) is 0 Å². The number of aryl methyl sites for hydroxylation is 2. The summed E-state index contributed by atoms with van der Waals surface area (Å²) in [5, 5.41) is 4.09. The maximum atomic E-state index is 12.6. The van der Waals surface area contributed by atoms with Gasteiger partial charge in [0.05, 0.1) is 25.1 Å².